The molecule has 2 nitrogen and oxygen atoms in total. The molecule has 0 aliphatic heterocycles. The average Bonchev–Trinajstić information content (AvgIpc) is 3.37. The summed E-state index contributed by atoms with van der Waals surface area (Å²) in [7, 11) is 0. The summed E-state index contributed by atoms with van der Waals surface area (Å²) in [6.45, 7) is 9.40. The second kappa shape index (κ2) is 30.7. The van der Waals surface area contributed by atoms with Gasteiger partial charge in [-0.25, -0.2) is 9.13 Å². The molecule has 1 rings (SSSR count). The Morgan fingerprint density at radius 1 is 0.415 bits per heavy atom. The summed E-state index contributed by atoms with van der Waals surface area (Å²) in [5, 5.41) is 0. The van der Waals surface area contributed by atoms with E-state index in [1.165, 1.54) is 212 Å². The Morgan fingerprint density at radius 2 is 0.756 bits per heavy atom. The SMILES string of the molecule is CCCCCCCCCCCCCCCCCCC[n+]1ccn(CCCCCCCCCCCC)c1CCCCC. The summed E-state index contributed by atoms with van der Waals surface area (Å²) < 4.78 is 5.21. The first-order chi connectivity index (χ1) is 20.3. The molecule has 41 heavy (non-hydrogen) atoms. The third-order valence-corrected chi connectivity index (χ3v) is 9.35. The van der Waals surface area contributed by atoms with Gasteiger partial charge in [-0.05, 0) is 32.1 Å². The molecule has 0 amide bonds. The molecule has 242 valence electrons. The molecule has 0 aliphatic carbocycles. The topological polar surface area (TPSA) is 8.81 Å². The van der Waals surface area contributed by atoms with Crippen LogP contribution in [-0.4, -0.2) is 4.57 Å². The van der Waals surface area contributed by atoms with Gasteiger partial charge in [0.05, 0.1) is 13.1 Å². The first-order valence-electron chi connectivity index (χ1n) is 19.4. The first-order valence-corrected chi connectivity index (χ1v) is 19.4. The monoisotopic (exact) mass is 574 g/mol. The molecule has 0 radical (unpaired) electrons. The Balaban J connectivity index is 2.08. The molecule has 0 bridgehead atoms. The van der Waals surface area contributed by atoms with Crippen LogP contribution in [0.2, 0.25) is 0 Å². The minimum atomic E-state index is 1.23. The maximum absolute atomic E-state index is 2.61. The van der Waals surface area contributed by atoms with Gasteiger partial charge in [-0.2, -0.15) is 0 Å². The highest BCUT2D eigenvalue weighted by Crippen LogP contribution is 2.15. The molecule has 2 heteroatoms. The molecule has 0 aromatic carbocycles. The van der Waals surface area contributed by atoms with Gasteiger partial charge in [0.1, 0.15) is 12.4 Å². The zero-order valence-electron chi connectivity index (χ0n) is 28.9. The summed E-state index contributed by atoms with van der Waals surface area (Å²) in [5.41, 5.74) is 0. The first kappa shape index (κ1) is 38.2. The van der Waals surface area contributed by atoms with E-state index in [1.807, 2.05) is 0 Å². The van der Waals surface area contributed by atoms with Crippen LogP contribution in [0.15, 0.2) is 12.4 Å². The lowest BCUT2D eigenvalue weighted by atomic mass is 10.0. The van der Waals surface area contributed by atoms with Gasteiger partial charge in [-0.15, -0.1) is 0 Å². The maximum Gasteiger partial charge on any atom is 0.256 e. The summed E-state index contributed by atoms with van der Waals surface area (Å²) in [5.74, 6) is 1.60. The largest absolute Gasteiger partial charge is 0.256 e. The second-order valence-corrected chi connectivity index (χ2v) is 13.4. The van der Waals surface area contributed by atoms with E-state index in [0.717, 1.165) is 0 Å². The fourth-order valence-corrected chi connectivity index (χ4v) is 6.50. The third-order valence-electron chi connectivity index (χ3n) is 9.35. The number of nitrogens with zero attached hydrogens (tertiary/aromatic N) is 2. The molecule has 0 fully saturated rings. The Bertz CT molecular complexity index is 634. The lowest BCUT2D eigenvalue weighted by Gasteiger charge is -2.07. The number of aromatic nitrogens is 2. The molecule has 1 heterocycles. The molecule has 0 N–H and O–H groups in total. The highest BCUT2D eigenvalue weighted by Gasteiger charge is 2.16. The van der Waals surface area contributed by atoms with Gasteiger partial charge < -0.3 is 0 Å². The number of unbranched alkanes of at least 4 members (excludes halogenated alkanes) is 27. The smallest absolute Gasteiger partial charge is 0.234 e. The van der Waals surface area contributed by atoms with Crippen molar-refractivity contribution in [2.45, 2.75) is 233 Å². The molecule has 0 saturated carbocycles. The quantitative estimate of drug-likeness (QED) is 0.0584. The lowest BCUT2D eigenvalue weighted by molar-refractivity contribution is -0.704. The summed E-state index contributed by atoms with van der Waals surface area (Å²) in [6.07, 6.45) is 49.0. The summed E-state index contributed by atoms with van der Waals surface area (Å²) >= 11 is 0. The van der Waals surface area contributed by atoms with E-state index in [1.54, 1.807) is 5.82 Å². The van der Waals surface area contributed by atoms with Gasteiger partial charge in [0.15, 0.2) is 0 Å². The second-order valence-electron chi connectivity index (χ2n) is 13.4. The Labute approximate surface area is 259 Å². The minimum Gasteiger partial charge on any atom is -0.234 e. The van der Waals surface area contributed by atoms with Gasteiger partial charge in [-0.3, -0.25) is 0 Å². The van der Waals surface area contributed by atoms with Crippen molar-refractivity contribution < 1.29 is 4.57 Å². The van der Waals surface area contributed by atoms with E-state index in [-0.39, 0.29) is 0 Å². The predicted molar refractivity (Wildman–Crippen MR) is 184 cm³/mol. The number of hydrogen-bond donors (Lipinski definition) is 0. The van der Waals surface area contributed by atoms with Crippen molar-refractivity contribution in [3.8, 4) is 0 Å². The zero-order chi connectivity index (χ0) is 29.5. The Kier molecular flexibility index (Phi) is 28.6. The van der Waals surface area contributed by atoms with Crippen LogP contribution in [0.5, 0.6) is 0 Å². The van der Waals surface area contributed by atoms with E-state index in [0.29, 0.717) is 0 Å². The minimum absolute atomic E-state index is 1.23. The van der Waals surface area contributed by atoms with Crippen LogP contribution in [0.1, 0.15) is 219 Å². The number of aryl methyl sites for hydroxylation is 2. The third kappa shape index (κ3) is 23.4. The van der Waals surface area contributed by atoms with Crippen molar-refractivity contribution in [3.63, 3.8) is 0 Å². The molecule has 1 aromatic rings. The Hall–Kier alpha value is -0.790. The molecule has 1 aromatic heterocycles. The van der Waals surface area contributed by atoms with Crippen LogP contribution >= 0.6 is 0 Å². The molecular formula is C39H77N2+. The van der Waals surface area contributed by atoms with Gasteiger partial charge in [0.2, 0.25) is 0 Å². The standard InChI is InChI=1S/C39H77N2/c1-4-7-10-12-14-16-18-19-20-21-22-23-24-26-28-30-33-36-41-38-37-40(39(41)34-31-9-6-3)35-32-29-27-25-17-15-13-11-8-5-2/h37-38H,4-36H2,1-3H3/q+1. The van der Waals surface area contributed by atoms with Crippen molar-refractivity contribution in [3.05, 3.63) is 18.2 Å². The summed E-state index contributed by atoms with van der Waals surface area (Å²) in [4.78, 5) is 0. The van der Waals surface area contributed by atoms with Gasteiger partial charge in [0.25, 0.3) is 5.82 Å². The van der Waals surface area contributed by atoms with E-state index in [9.17, 15) is 0 Å². The van der Waals surface area contributed by atoms with Crippen molar-refractivity contribution >= 4 is 0 Å². The highest BCUT2D eigenvalue weighted by atomic mass is 15.1. The fourth-order valence-electron chi connectivity index (χ4n) is 6.50. The van der Waals surface area contributed by atoms with Crippen molar-refractivity contribution in [1.82, 2.24) is 4.57 Å². The van der Waals surface area contributed by atoms with E-state index in [4.69, 9.17) is 0 Å². The average molecular weight is 574 g/mol. The van der Waals surface area contributed by atoms with E-state index in [2.05, 4.69) is 42.3 Å². The van der Waals surface area contributed by atoms with Crippen molar-refractivity contribution in [2.75, 3.05) is 0 Å². The van der Waals surface area contributed by atoms with Gasteiger partial charge in [0, 0.05) is 6.42 Å². The van der Waals surface area contributed by atoms with Crippen LogP contribution in [0.25, 0.3) is 0 Å². The molecule has 0 unspecified atom stereocenters. The fraction of sp³-hybridized carbons (Fsp3) is 0.923. The van der Waals surface area contributed by atoms with Crippen LogP contribution < -0.4 is 4.57 Å². The molecule has 0 spiro atoms. The van der Waals surface area contributed by atoms with Crippen LogP contribution in [0.4, 0.5) is 0 Å². The van der Waals surface area contributed by atoms with E-state index >= 15 is 0 Å². The lowest BCUT2D eigenvalue weighted by Crippen LogP contribution is -2.37. The summed E-state index contributed by atoms with van der Waals surface area (Å²) in [6, 6.07) is 0. The zero-order valence-corrected chi connectivity index (χ0v) is 28.9. The Morgan fingerprint density at radius 3 is 1.17 bits per heavy atom. The van der Waals surface area contributed by atoms with E-state index < -0.39 is 0 Å². The molecule has 0 aliphatic rings. The molecule has 0 saturated heterocycles. The maximum atomic E-state index is 2.61. The normalized spacial score (nSPS) is 11.6. The molecule has 0 atom stereocenters. The van der Waals surface area contributed by atoms with Crippen LogP contribution in [-0.2, 0) is 19.5 Å². The van der Waals surface area contributed by atoms with Crippen LogP contribution in [0, 0.1) is 0 Å². The predicted octanol–water partition coefficient (Wildman–Crippen LogP) is 13.1. The van der Waals surface area contributed by atoms with Crippen molar-refractivity contribution in [1.29, 1.82) is 0 Å². The molecular weight excluding hydrogens is 496 g/mol. The number of hydrogen-bond acceptors (Lipinski definition) is 0. The van der Waals surface area contributed by atoms with Crippen LogP contribution in [0.3, 0.4) is 0 Å². The number of rotatable bonds is 33. The highest BCUT2D eigenvalue weighted by molar-refractivity contribution is 4.84. The van der Waals surface area contributed by atoms with Gasteiger partial charge in [-0.1, -0.05) is 181 Å². The van der Waals surface area contributed by atoms with Crippen molar-refractivity contribution in [2.24, 2.45) is 0 Å². The number of imidazole rings is 1. The van der Waals surface area contributed by atoms with Gasteiger partial charge >= 0.3 is 0 Å².